The highest BCUT2D eigenvalue weighted by Crippen LogP contribution is 2.42. The molecule has 2 rings (SSSR count). The molecule has 0 spiro atoms. The van der Waals surface area contributed by atoms with Crippen LogP contribution in [0.2, 0.25) is 0 Å². The Balaban J connectivity index is 2.20. The number of allylic oxidation sites excluding steroid dienone is 2. The predicted octanol–water partition coefficient (Wildman–Crippen LogP) is 1.58. The molecule has 2 aliphatic carbocycles. The van der Waals surface area contributed by atoms with Crippen molar-refractivity contribution in [2.45, 2.75) is 32.3 Å². The van der Waals surface area contributed by atoms with Crippen LogP contribution in [0.25, 0.3) is 0 Å². The van der Waals surface area contributed by atoms with Crippen LogP contribution in [0.3, 0.4) is 0 Å². The second-order valence-corrected chi connectivity index (χ2v) is 4.83. The third-order valence-corrected chi connectivity index (χ3v) is 4.02. The van der Waals surface area contributed by atoms with Gasteiger partial charge in [0.25, 0.3) is 0 Å². The summed E-state index contributed by atoms with van der Waals surface area (Å²) in [7, 11) is 0. The predicted molar refractivity (Wildman–Crippen MR) is 55.7 cm³/mol. The van der Waals surface area contributed by atoms with Gasteiger partial charge in [-0.2, -0.15) is 0 Å². The van der Waals surface area contributed by atoms with E-state index >= 15 is 0 Å². The molecule has 1 saturated carbocycles. The highest BCUT2D eigenvalue weighted by Gasteiger charge is 2.40. The highest BCUT2D eigenvalue weighted by molar-refractivity contribution is 5.07. The topological polar surface area (TPSA) is 40.5 Å². The first-order valence-corrected chi connectivity index (χ1v) is 5.71. The lowest BCUT2D eigenvalue weighted by atomic mass is 9.64. The van der Waals surface area contributed by atoms with E-state index in [9.17, 15) is 10.2 Å². The normalized spacial score (nSPS) is 47.5. The summed E-state index contributed by atoms with van der Waals surface area (Å²) in [6.07, 6.45) is 7.49. The Morgan fingerprint density at radius 1 is 1.29 bits per heavy atom. The van der Waals surface area contributed by atoms with Gasteiger partial charge in [-0.15, -0.1) is 0 Å². The molecule has 2 heteroatoms. The molecule has 5 atom stereocenters. The highest BCUT2D eigenvalue weighted by atomic mass is 16.3. The molecule has 1 unspecified atom stereocenters. The first kappa shape index (κ1) is 10.2. The Hall–Kier alpha value is -0.340. The van der Waals surface area contributed by atoms with Crippen LogP contribution in [-0.2, 0) is 0 Å². The van der Waals surface area contributed by atoms with Crippen LogP contribution in [0.1, 0.15) is 26.2 Å². The van der Waals surface area contributed by atoms with E-state index in [4.69, 9.17) is 0 Å². The number of hydrogen-bond donors (Lipinski definition) is 2. The van der Waals surface area contributed by atoms with Gasteiger partial charge in [0.05, 0.1) is 6.10 Å². The molecule has 0 bridgehead atoms. The number of aliphatic hydroxyl groups is 2. The molecule has 0 saturated heterocycles. The fraction of sp³-hybridized carbons (Fsp3) is 0.833. The van der Waals surface area contributed by atoms with E-state index in [0.717, 1.165) is 12.8 Å². The fourth-order valence-electron chi connectivity index (χ4n) is 3.16. The van der Waals surface area contributed by atoms with Crippen molar-refractivity contribution in [2.75, 3.05) is 6.61 Å². The molecule has 0 aromatic rings. The third-order valence-electron chi connectivity index (χ3n) is 4.02. The van der Waals surface area contributed by atoms with Crippen molar-refractivity contribution in [1.29, 1.82) is 0 Å². The molecule has 1 fully saturated rings. The van der Waals surface area contributed by atoms with E-state index in [-0.39, 0.29) is 18.6 Å². The van der Waals surface area contributed by atoms with Gasteiger partial charge in [0, 0.05) is 6.61 Å². The van der Waals surface area contributed by atoms with Gasteiger partial charge in [-0.05, 0) is 36.5 Å². The maximum absolute atomic E-state index is 9.98. The van der Waals surface area contributed by atoms with Crippen molar-refractivity contribution in [1.82, 2.24) is 0 Å². The average Bonchev–Trinajstić information content (AvgIpc) is 2.19. The summed E-state index contributed by atoms with van der Waals surface area (Å²) < 4.78 is 0. The third kappa shape index (κ3) is 1.61. The number of fused-ring (bicyclic) bond motifs is 1. The maximum Gasteiger partial charge on any atom is 0.0577 e. The van der Waals surface area contributed by atoms with E-state index in [1.165, 1.54) is 6.42 Å². The SMILES string of the molecule is CC1C=C[C@H]2CCC[C@H](O)[C@@H]2[C@H]1CO. The number of rotatable bonds is 1. The van der Waals surface area contributed by atoms with Crippen LogP contribution in [-0.4, -0.2) is 22.9 Å². The van der Waals surface area contributed by atoms with Crippen molar-refractivity contribution in [3.05, 3.63) is 12.2 Å². The van der Waals surface area contributed by atoms with Crippen molar-refractivity contribution in [3.8, 4) is 0 Å². The molecular formula is C12H20O2. The van der Waals surface area contributed by atoms with E-state index in [0.29, 0.717) is 17.8 Å². The molecular weight excluding hydrogens is 176 g/mol. The monoisotopic (exact) mass is 196 g/mol. The molecule has 0 aromatic heterocycles. The molecule has 14 heavy (non-hydrogen) atoms. The van der Waals surface area contributed by atoms with Crippen LogP contribution in [0.15, 0.2) is 12.2 Å². The second kappa shape index (κ2) is 4.03. The van der Waals surface area contributed by atoms with Crippen molar-refractivity contribution < 1.29 is 10.2 Å². The van der Waals surface area contributed by atoms with Crippen LogP contribution in [0.5, 0.6) is 0 Å². The van der Waals surface area contributed by atoms with E-state index in [1.807, 2.05) is 0 Å². The average molecular weight is 196 g/mol. The van der Waals surface area contributed by atoms with Gasteiger partial charge >= 0.3 is 0 Å². The molecule has 0 amide bonds. The smallest absolute Gasteiger partial charge is 0.0577 e. The maximum atomic E-state index is 9.98. The van der Waals surface area contributed by atoms with E-state index in [2.05, 4.69) is 19.1 Å². The summed E-state index contributed by atoms with van der Waals surface area (Å²) >= 11 is 0. The number of aliphatic hydroxyl groups excluding tert-OH is 2. The molecule has 0 aliphatic heterocycles. The minimum atomic E-state index is -0.196. The summed E-state index contributed by atoms with van der Waals surface area (Å²) in [5.74, 6) is 1.48. The summed E-state index contributed by atoms with van der Waals surface area (Å²) in [6, 6.07) is 0. The van der Waals surface area contributed by atoms with Gasteiger partial charge in [0.1, 0.15) is 0 Å². The first-order chi connectivity index (χ1) is 6.74. The van der Waals surface area contributed by atoms with E-state index in [1.54, 1.807) is 0 Å². The van der Waals surface area contributed by atoms with Crippen molar-refractivity contribution in [3.63, 3.8) is 0 Å². The minimum absolute atomic E-state index is 0.196. The van der Waals surface area contributed by atoms with Crippen LogP contribution in [0, 0.1) is 23.7 Å². The standard InChI is InChI=1S/C12H20O2/c1-8-5-6-9-3-2-4-11(14)12(9)10(8)7-13/h5-6,8-14H,2-4,7H2,1H3/t8?,9-,10+,11+,12+/m1/s1. The van der Waals surface area contributed by atoms with E-state index < -0.39 is 0 Å². The fourth-order valence-corrected chi connectivity index (χ4v) is 3.16. The largest absolute Gasteiger partial charge is 0.396 e. The van der Waals surface area contributed by atoms with Gasteiger partial charge < -0.3 is 10.2 Å². The summed E-state index contributed by atoms with van der Waals surface area (Å²) in [5, 5.41) is 19.4. The molecule has 2 nitrogen and oxygen atoms in total. The minimum Gasteiger partial charge on any atom is -0.396 e. The molecule has 80 valence electrons. The second-order valence-electron chi connectivity index (χ2n) is 4.83. The Bertz CT molecular complexity index is 224. The van der Waals surface area contributed by atoms with Gasteiger partial charge in [0.2, 0.25) is 0 Å². The molecule has 0 aromatic carbocycles. The van der Waals surface area contributed by atoms with Crippen LogP contribution in [0.4, 0.5) is 0 Å². The lowest BCUT2D eigenvalue weighted by molar-refractivity contribution is -0.0211. The first-order valence-electron chi connectivity index (χ1n) is 5.71. The van der Waals surface area contributed by atoms with Gasteiger partial charge in [-0.1, -0.05) is 25.5 Å². The van der Waals surface area contributed by atoms with Crippen molar-refractivity contribution >= 4 is 0 Å². The van der Waals surface area contributed by atoms with Crippen LogP contribution < -0.4 is 0 Å². The zero-order valence-corrected chi connectivity index (χ0v) is 8.76. The molecule has 0 radical (unpaired) electrons. The molecule has 2 aliphatic rings. The Morgan fingerprint density at radius 2 is 2.07 bits per heavy atom. The number of hydrogen-bond acceptors (Lipinski definition) is 2. The summed E-state index contributed by atoms with van der Waals surface area (Å²) in [4.78, 5) is 0. The van der Waals surface area contributed by atoms with Crippen molar-refractivity contribution in [2.24, 2.45) is 23.7 Å². The Kier molecular flexibility index (Phi) is 2.93. The van der Waals surface area contributed by atoms with Gasteiger partial charge in [0.15, 0.2) is 0 Å². The summed E-state index contributed by atoms with van der Waals surface area (Å²) in [6.45, 7) is 2.35. The Labute approximate surface area is 85.6 Å². The summed E-state index contributed by atoms with van der Waals surface area (Å²) in [5.41, 5.74) is 0. The van der Waals surface area contributed by atoms with Crippen LogP contribution >= 0.6 is 0 Å². The zero-order chi connectivity index (χ0) is 10.1. The molecule has 2 N–H and O–H groups in total. The lowest BCUT2D eigenvalue weighted by Crippen LogP contribution is -2.42. The van der Waals surface area contributed by atoms with Gasteiger partial charge in [-0.25, -0.2) is 0 Å². The zero-order valence-electron chi connectivity index (χ0n) is 8.76. The quantitative estimate of drug-likeness (QED) is 0.625. The lowest BCUT2D eigenvalue weighted by Gasteiger charge is -2.43. The van der Waals surface area contributed by atoms with Gasteiger partial charge in [-0.3, -0.25) is 0 Å². The Morgan fingerprint density at radius 3 is 2.79 bits per heavy atom. The molecule has 0 heterocycles.